The number of nitrogens with two attached hydrogens (primary N) is 3. The summed E-state index contributed by atoms with van der Waals surface area (Å²) >= 11 is 0. The van der Waals surface area contributed by atoms with E-state index in [-0.39, 0.29) is 76.7 Å². The number of aromatic amines is 1. The first-order valence-electron chi connectivity index (χ1n) is 42.3. The number of hydrogen-bond donors (Lipinski definition) is 11. The number of primary amides is 1. The van der Waals surface area contributed by atoms with Crippen LogP contribution in [0.1, 0.15) is 145 Å². The number of carbonyl (C=O) groups excluding carboxylic acids is 15. The zero-order valence-corrected chi connectivity index (χ0v) is 72.7. The molecule has 6 aromatic rings. The summed E-state index contributed by atoms with van der Waals surface area (Å²) in [5, 5.41) is 27.6. The lowest BCUT2D eigenvalue weighted by atomic mass is 9.83. The van der Waals surface area contributed by atoms with E-state index in [4.69, 9.17) is 17.2 Å². The van der Waals surface area contributed by atoms with E-state index in [2.05, 4.69) is 36.9 Å². The molecule has 124 heavy (non-hydrogen) atoms. The van der Waals surface area contributed by atoms with E-state index >= 15 is 24.0 Å². The van der Waals surface area contributed by atoms with Crippen molar-refractivity contribution < 1.29 is 81.8 Å². The summed E-state index contributed by atoms with van der Waals surface area (Å²) in [5.41, 5.74) is 22.1. The summed E-state index contributed by atoms with van der Waals surface area (Å²) < 4.78 is 0. The molecule has 32 heteroatoms. The lowest BCUT2D eigenvalue weighted by molar-refractivity contribution is -0.151. The third kappa shape index (κ3) is 29.7. The molecule has 0 bridgehead atoms. The molecular formula is C92H123N15O17. The molecule has 668 valence electrons. The molecule has 2 heterocycles. The molecule has 1 aliphatic rings. The summed E-state index contributed by atoms with van der Waals surface area (Å²) in [7, 11) is 6.72. The molecule has 1 fully saturated rings. The highest BCUT2D eigenvalue weighted by atomic mass is 16.4. The number of para-hydroxylation sites is 1. The number of benzene rings is 5. The third-order valence-corrected chi connectivity index (χ3v) is 22.5. The molecule has 5 aromatic carbocycles. The lowest BCUT2D eigenvalue weighted by Gasteiger charge is -2.37. The molecule has 1 aliphatic heterocycles. The Labute approximate surface area is 724 Å². The van der Waals surface area contributed by atoms with Crippen molar-refractivity contribution in [3.63, 3.8) is 0 Å². The molecule has 7 rings (SSSR count). The Morgan fingerprint density at radius 1 is 0.492 bits per heavy atom. The standard InChI is InChI=1S/C92H123N15O17/c1-11-12-34-75-91(123)103(6)54-65(108)47-63(49-83(114)115)79(110)50-67(57(4)5)88(120)106(9)76(45-59-27-18-14-19-28-59)87(119)102-74(52-94)89(121)104(7)55-82(113)97-72(48-64-53-96-68-32-23-22-31-66(64)68)86(118)101-71(43-61-36-38-62(51-93)39-37-61)85(117)100-70(42-56(2)3)84(116)99-69(78(109)40-41-80(95)111)33-24-35-81(112)98-73(44-58-25-16-13-17-26-58)90(122)107(10)77(92(124)105(75)8)46-60-29-20-15-21-30-60/h13-23,25-32,36-39,53,56-57,63,67,69-77,96H,11-12,24,33-35,40-52,54-55,93-94H2,1-10H3,(H2,95,111)(H,97,113)(H,98,112)(H,99,116)(H,100,117)(H,101,118)(H,102,119)(H,114,115)/t63-,67-,69-,70-,71-,72-,73-,74-,75-,76-,77-/m0/s1. The number of unbranched alkanes of at least 4 members (excludes halogenated alkanes) is 1. The number of aromatic nitrogens is 1. The van der Waals surface area contributed by atoms with E-state index in [0.29, 0.717) is 51.6 Å². The maximum absolute atomic E-state index is 15.5. The zero-order valence-electron chi connectivity index (χ0n) is 72.7. The minimum absolute atomic E-state index is 0.0311. The fourth-order valence-corrected chi connectivity index (χ4v) is 15.3. The van der Waals surface area contributed by atoms with Gasteiger partial charge in [-0.05, 0) is 77.0 Å². The van der Waals surface area contributed by atoms with Crippen LogP contribution in [0.5, 0.6) is 0 Å². The number of amides is 12. The van der Waals surface area contributed by atoms with Gasteiger partial charge < -0.3 is 83.7 Å². The summed E-state index contributed by atoms with van der Waals surface area (Å²) in [6, 6.07) is 27.3. The van der Waals surface area contributed by atoms with Crippen LogP contribution < -0.4 is 49.1 Å². The highest BCUT2D eigenvalue weighted by Crippen LogP contribution is 2.28. The van der Waals surface area contributed by atoms with Crippen molar-refractivity contribution in [3.8, 4) is 0 Å². The Morgan fingerprint density at radius 2 is 1.00 bits per heavy atom. The normalized spacial score (nSPS) is 22.5. The van der Waals surface area contributed by atoms with E-state index in [0.717, 1.165) is 20.3 Å². The smallest absolute Gasteiger partial charge is 0.304 e. The molecule has 14 N–H and O–H groups in total. The topological polar surface area (TPSA) is 476 Å². The van der Waals surface area contributed by atoms with Gasteiger partial charge in [0.05, 0.1) is 25.6 Å². The number of rotatable bonds is 24. The van der Waals surface area contributed by atoms with Crippen LogP contribution in [-0.2, 0) is 115 Å². The minimum Gasteiger partial charge on any atom is -0.481 e. The number of Topliss-reactive ketones (excluding diaryl/α,β-unsaturated/α-hetero) is 3. The Hall–Kier alpha value is -12.3. The third-order valence-electron chi connectivity index (χ3n) is 22.5. The second-order valence-corrected chi connectivity index (χ2v) is 33.0. The second kappa shape index (κ2) is 48.5. The van der Waals surface area contributed by atoms with Crippen LogP contribution in [0.3, 0.4) is 0 Å². The Balaban J connectivity index is 1.31. The van der Waals surface area contributed by atoms with Gasteiger partial charge in [-0.15, -0.1) is 0 Å². The van der Waals surface area contributed by atoms with Crippen LogP contribution in [0.15, 0.2) is 146 Å². The highest BCUT2D eigenvalue weighted by molar-refractivity contribution is 6.01. The molecule has 1 aromatic heterocycles. The van der Waals surface area contributed by atoms with Crippen molar-refractivity contribution in [3.05, 3.63) is 179 Å². The fourth-order valence-electron chi connectivity index (χ4n) is 15.3. The van der Waals surface area contributed by atoms with E-state index in [1.54, 1.807) is 173 Å². The van der Waals surface area contributed by atoms with Crippen molar-refractivity contribution >= 4 is 105 Å². The molecule has 1 saturated heterocycles. The van der Waals surface area contributed by atoms with Gasteiger partial charge in [0.1, 0.15) is 54.1 Å². The summed E-state index contributed by atoms with van der Waals surface area (Å²) in [6.07, 6.45) is -1.73. The largest absolute Gasteiger partial charge is 0.481 e. The number of H-pyrrole nitrogens is 1. The molecule has 0 unspecified atom stereocenters. The average Bonchev–Trinajstić information content (AvgIpc) is 1.64. The maximum atomic E-state index is 15.5. The van der Waals surface area contributed by atoms with Crippen LogP contribution in [0.25, 0.3) is 10.9 Å². The molecule has 12 amide bonds. The van der Waals surface area contributed by atoms with Crippen LogP contribution in [0, 0.1) is 23.7 Å². The van der Waals surface area contributed by atoms with Gasteiger partial charge >= 0.3 is 5.97 Å². The highest BCUT2D eigenvalue weighted by Gasteiger charge is 2.42. The quantitative estimate of drug-likeness (QED) is 0.0409. The molecule has 0 saturated carbocycles. The Bertz CT molecular complexity index is 4680. The molecule has 11 atom stereocenters. The predicted octanol–water partition coefficient (Wildman–Crippen LogP) is 3.94. The van der Waals surface area contributed by atoms with Gasteiger partial charge in [0, 0.05) is 141 Å². The second-order valence-electron chi connectivity index (χ2n) is 33.0. The van der Waals surface area contributed by atoms with E-state index in [9.17, 15) is 57.8 Å². The number of likely N-dealkylation sites (N-methyl/N-ethyl adjacent to an activating group) is 5. The number of carboxylic acids is 1. The van der Waals surface area contributed by atoms with Crippen molar-refractivity contribution in [2.75, 3.05) is 54.9 Å². The zero-order chi connectivity index (χ0) is 91.0. The summed E-state index contributed by atoms with van der Waals surface area (Å²) in [6.45, 7) is 6.98. The van der Waals surface area contributed by atoms with E-state index in [1.807, 2.05) is 6.92 Å². The number of carboxylic acid groups (broad SMARTS) is 1. The average molecular weight is 1710 g/mol. The first-order valence-corrected chi connectivity index (χ1v) is 42.3. The molecule has 0 spiro atoms. The number of ketones is 3. The van der Waals surface area contributed by atoms with Crippen molar-refractivity contribution in [1.29, 1.82) is 0 Å². The fraction of sp³-hybridized carbons (Fsp3) is 0.478. The number of nitrogens with one attached hydrogen (secondary N) is 7. The van der Waals surface area contributed by atoms with Gasteiger partial charge in [-0.1, -0.05) is 181 Å². The summed E-state index contributed by atoms with van der Waals surface area (Å²) in [5.74, 6) is -16.9. The number of carbonyl (C=O) groups is 16. The SMILES string of the molecule is CCCC[C@H]1C(=O)N(C)CC(=O)C[C@@H](CC(=O)O)C(=O)C[C@@H](C(C)C)C(=O)N(C)[C@@H](Cc2ccccc2)C(=O)N[C@@H](CN)C(=O)N(C)CC(=O)N[C@@H](Cc2c[nH]c3ccccc23)C(=O)N[C@@H](Cc2ccc(CN)cc2)C(=O)N[C@@H](CC(C)C)C(=O)N[C@H](C(=O)CCC(N)=O)CCCC(=O)N[C@@H](Cc2ccccc2)C(=O)N(C)[C@@H](Cc2ccccc2)C(=O)N1C. The Morgan fingerprint density at radius 3 is 1.57 bits per heavy atom. The number of fused-ring (bicyclic) bond motifs is 1. The lowest BCUT2D eigenvalue weighted by Crippen LogP contribution is -2.60. The van der Waals surface area contributed by atoms with E-state index < -0.39 is 218 Å². The van der Waals surface area contributed by atoms with Crippen LogP contribution in [-0.4, -0.2) is 238 Å². The molecule has 32 nitrogen and oxygen atoms in total. The van der Waals surface area contributed by atoms with Crippen LogP contribution in [0.4, 0.5) is 0 Å². The number of aliphatic carboxylic acids is 1. The van der Waals surface area contributed by atoms with E-state index in [1.165, 1.54) is 45.0 Å². The minimum atomic E-state index is -1.55. The van der Waals surface area contributed by atoms with Gasteiger partial charge in [-0.3, -0.25) is 76.7 Å². The maximum Gasteiger partial charge on any atom is 0.304 e. The first kappa shape index (κ1) is 98.8. The summed E-state index contributed by atoms with van der Waals surface area (Å²) in [4.78, 5) is 242. The van der Waals surface area contributed by atoms with Gasteiger partial charge in [0.25, 0.3) is 0 Å². The van der Waals surface area contributed by atoms with Gasteiger partial charge in [-0.2, -0.15) is 0 Å². The molecule has 0 aliphatic carbocycles. The Kier molecular flexibility index (Phi) is 38.6. The van der Waals surface area contributed by atoms with Crippen molar-refractivity contribution in [2.24, 2.45) is 40.9 Å². The van der Waals surface area contributed by atoms with Gasteiger partial charge in [0.15, 0.2) is 11.6 Å². The molecular weight excluding hydrogens is 1590 g/mol. The van der Waals surface area contributed by atoms with Crippen molar-refractivity contribution in [2.45, 2.75) is 205 Å². The van der Waals surface area contributed by atoms with Crippen molar-refractivity contribution in [1.82, 2.24) is 61.4 Å². The monoisotopic (exact) mass is 1710 g/mol. The predicted molar refractivity (Wildman–Crippen MR) is 466 cm³/mol. The van der Waals surface area contributed by atoms with Gasteiger partial charge in [0.2, 0.25) is 70.9 Å². The first-order chi connectivity index (χ1) is 59.0. The van der Waals surface area contributed by atoms with Crippen LogP contribution in [0.2, 0.25) is 0 Å². The number of hydrogen-bond acceptors (Lipinski definition) is 18. The van der Waals surface area contributed by atoms with Gasteiger partial charge in [-0.25, -0.2) is 0 Å². The number of nitrogens with zero attached hydrogens (tertiary/aromatic N) is 5. The molecule has 0 radical (unpaired) electrons. The van der Waals surface area contributed by atoms with Crippen LogP contribution >= 0.6 is 0 Å².